The summed E-state index contributed by atoms with van der Waals surface area (Å²) in [5.41, 5.74) is 5.69. The van der Waals surface area contributed by atoms with Crippen LogP contribution in [0.2, 0.25) is 0 Å². The topological polar surface area (TPSA) is 107 Å². The van der Waals surface area contributed by atoms with Crippen LogP contribution in [0.15, 0.2) is 10.5 Å². The SMILES string of the molecule is CO/N=C(\C(=O)NC[C]=O)c1csc(N)n1. The van der Waals surface area contributed by atoms with Gasteiger partial charge in [-0.15, -0.1) is 11.3 Å². The Bertz CT molecular complexity index is 415. The van der Waals surface area contributed by atoms with Crippen molar-refractivity contribution >= 4 is 34.4 Å². The number of nitrogen functional groups attached to an aromatic ring is 1. The number of anilines is 1. The number of oxime groups is 1. The third-order valence-electron chi connectivity index (χ3n) is 1.48. The second-order valence-corrected chi connectivity index (χ2v) is 3.41. The number of carbonyl (C=O) groups is 1. The maximum atomic E-state index is 11.5. The fraction of sp³-hybridized carbons (Fsp3) is 0.250. The first-order chi connectivity index (χ1) is 7.69. The third kappa shape index (κ3) is 3.02. The van der Waals surface area contributed by atoms with Gasteiger partial charge in [-0.1, -0.05) is 5.16 Å². The van der Waals surface area contributed by atoms with Crippen molar-refractivity contribution in [1.29, 1.82) is 0 Å². The van der Waals surface area contributed by atoms with E-state index in [1.807, 2.05) is 0 Å². The first kappa shape index (κ1) is 12.1. The summed E-state index contributed by atoms with van der Waals surface area (Å²) in [7, 11) is 1.30. The molecule has 1 aromatic rings. The van der Waals surface area contributed by atoms with Crippen molar-refractivity contribution in [2.45, 2.75) is 0 Å². The average molecular weight is 241 g/mol. The molecule has 85 valence electrons. The molecule has 1 rings (SSSR count). The molecule has 1 radical (unpaired) electrons. The van der Waals surface area contributed by atoms with Crippen molar-refractivity contribution in [3.05, 3.63) is 11.1 Å². The molecule has 1 heterocycles. The van der Waals surface area contributed by atoms with Crippen LogP contribution in [0.25, 0.3) is 0 Å². The molecule has 0 atom stereocenters. The van der Waals surface area contributed by atoms with E-state index in [1.54, 1.807) is 5.38 Å². The Morgan fingerprint density at radius 2 is 2.56 bits per heavy atom. The monoisotopic (exact) mass is 241 g/mol. The zero-order valence-corrected chi connectivity index (χ0v) is 9.21. The first-order valence-electron chi connectivity index (χ1n) is 4.14. The number of nitrogens with one attached hydrogen (secondary N) is 1. The Morgan fingerprint density at radius 1 is 1.81 bits per heavy atom. The highest BCUT2D eigenvalue weighted by Gasteiger charge is 2.17. The van der Waals surface area contributed by atoms with E-state index < -0.39 is 5.91 Å². The molecule has 3 N–H and O–H groups in total. The number of nitrogens with two attached hydrogens (primary N) is 1. The molecule has 0 aliphatic heterocycles. The summed E-state index contributed by atoms with van der Waals surface area (Å²) in [6.45, 7) is -0.221. The highest BCUT2D eigenvalue weighted by Crippen LogP contribution is 2.12. The molecule has 0 unspecified atom stereocenters. The van der Waals surface area contributed by atoms with E-state index in [2.05, 4.69) is 20.3 Å². The van der Waals surface area contributed by atoms with E-state index in [0.29, 0.717) is 10.8 Å². The molecule has 0 saturated carbocycles. The Balaban J connectivity index is 2.87. The minimum atomic E-state index is -0.574. The third-order valence-corrected chi connectivity index (χ3v) is 2.16. The molecule has 1 amide bonds. The molecular formula is C8H9N4O3S. The maximum absolute atomic E-state index is 11.5. The van der Waals surface area contributed by atoms with Gasteiger partial charge in [-0.2, -0.15) is 0 Å². The molecule has 1 aromatic heterocycles. The van der Waals surface area contributed by atoms with Crippen LogP contribution in [-0.4, -0.2) is 36.5 Å². The van der Waals surface area contributed by atoms with Crippen molar-refractivity contribution in [2.24, 2.45) is 5.16 Å². The van der Waals surface area contributed by atoms with Crippen LogP contribution >= 0.6 is 11.3 Å². The second kappa shape index (κ2) is 5.81. The van der Waals surface area contributed by atoms with Gasteiger partial charge in [-0.05, 0) is 0 Å². The first-order valence-corrected chi connectivity index (χ1v) is 5.02. The zero-order valence-electron chi connectivity index (χ0n) is 8.39. The highest BCUT2D eigenvalue weighted by molar-refractivity contribution is 7.13. The van der Waals surface area contributed by atoms with Crippen molar-refractivity contribution < 1.29 is 14.4 Å². The number of thiazole rings is 1. The molecule has 0 saturated heterocycles. The Labute approximate surface area is 95.3 Å². The summed E-state index contributed by atoms with van der Waals surface area (Å²) >= 11 is 1.17. The van der Waals surface area contributed by atoms with Gasteiger partial charge in [-0.25, -0.2) is 4.98 Å². The molecule has 7 nitrogen and oxygen atoms in total. The predicted molar refractivity (Wildman–Crippen MR) is 58.8 cm³/mol. The lowest BCUT2D eigenvalue weighted by molar-refractivity contribution is -0.114. The van der Waals surface area contributed by atoms with E-state index in [1.165, 1.54) is 24.7 Å². The minimum Gasteiger partial charge on any atom is -0.398 e. The van der Waals surface area contributed by atoms with Crippen LogP contribution < -0.4 is 11.1 Å². The van der Waals surface area contributed by atoms with Crippen LogP contribution in [-0.2, 0) is 14.4 Å². The average Bonchev–Trinajstić information content (AvgIpc) is 2.69. The normalized spacial score (nSPS) is 10.9. The lowest BCUT2D eigenvalue weighted by Gasteiger charge is -2.01. The minimum absolute atomic E-state index is 0.0364. The van der Waals surface area contributed by atoms with E-state index in [4.69, 9.17) is 5.73 Å². The van der Waals surface area contributed by atoms with Crippen LogP contribution in [0, 0.1) is 0 Å². The van der Waals surface area contributed by atoms with Gasteiger partial charge in [0.1, 0.15) is 12.8 Å². The summed E-state index contributed by atoms with van der Waals surface area (Å²) in [5.74, 6) is -0.574. The number of hydrogen-bond donors (Lipinski definition) is 2. The zero-order chi connectivity index (χ0) is 12.0. The van der Waals surface area contributed by atoms with Gasteiger partial charge in [0.15, 0.2) is 10.8 Å². The number of amides is 1. The maximum Gasteiger partial charge on any atom is 0.276 e. The molecule has 0 spiro atoms. The van der Waals surface area contributed by atoms with Gasteiger partial charge >= 0.3 is 0 Å². The number of nitrogens with zero attached hydrogens (tertiary/aromatic N) is 2. The quantitative estimate of drug-likeness (QED) is 0.523. The van der Waals surface area contributed by atoms with Gasteiger partial charge in [0, 0.05) is 5.38 Å². The Kier molecular flexibility index (Phi) is 4.40. The van der Waals surface area contributed by atoms with E-state index >= 15 is 0 Å². The number of aromatic nitrogens is 1. The van der Waals surface area contributed by atoms with Crippen LogP contribution in [0.1, 0.15) is 5.69 Å². The molecule has 0 bridgehead atoms. The lowest BCUT2D eigenvalue weighted by Crippen LogP contribution is -2.33. The van der Waals surface area contributed by atoms with Gasteiger partial charge in [0.2, 0.25) is 6.29 Å². The standard InChI is InChI=1S/C8H9N4O3S/c1-15-12-6(7(14)10-2-3-13)5-4-16-8(9)11-5/h4H,2H2,1H3,(H2,9,11)(H,10,14)/b12-6-. The van der Waals surface area contributed by atoms with E-state index in [9.17, 15) is 9.59 Å². The molecular weight excluding hydrogens is 232 g/mol. The van der Waals surface area contributed by atoms with Crippen molar-refractivity contribution in [1.82, 2.24) is 10.3 Å². The highest BCUT2D eigenvalue weighted by atomic mass is 32.1. The fourth-order valence-corrected chi connectivity index (χ4v) is 1.44. The summed E-state index contributed by atoms with van der Waals surface area (Å²) < 4.78 is 0. The Morgan fingerprint density at radius 3 is 3.06 bits per heavy atom. The Hall–Kier alpha value is -1.96. The van der Waals surface area contributed by atoms with Gasteiger partial charge in [0.25, 0.3) is 5.91 Å². The fourth-order valence-electron chi connectivity index (χ4n) is 0.892. The second-order valence-electron chi connectivity index (χ2n) is 2.52. The van der Waals surface area contributed by atoms with Crippen LogP contribution in [0.3, 0.4) is 0 Å². The number of hydrogen-bond acceptors (Lipinski definition) is 7. The number of carbonyl (C=O) groups excluding carboxylic acids is 2. The molecule has 0 aromatic carbocycles. The molecule has 0 aliphatic rings. The van der Waals surface area contributed by atoms with Crippen LogP contribution in [0.4, 0.5) is 5.13 Å². The van der Waals surface area contributed by atoms with E-state index in [-0.39, 0.29) is 12.3 Å². The predicted octanol–water partition coefficient (Wildman–Crippen LogP) is -0.698. The van der Waals surface area contributed by atoms with Gasteiger partial charge < -0.3 is 15.9 Å². The summed E-state index contributed by atoms with van der Waals surface area (Å²) in [4.78, 5) is 29.9. The van der Waals surface area contributed by atoms with Crippen molar-refractivity contribution in [3.8, 4) is 0 Å². The summed E-state index contributed by atoms with van der Waals surface area (Å²) in [5, 5.41) is 7.68. The molecule has 16 heavy (non-hydrogen) atoms. The van der Waals surface area contributed by atoms with Gasteiger partial charge in [-0.3, -0.25) is 9.59 Å². The van der Waals surface area contributed by atoms with Crippen molar-refractivity contribution in [3.63, 3.8) is 0 Å². The van der Waals surface area contributed by atoms with Gasteiger partial charge in [0.05, 0.1) is 6.54 Å². The summed E-state index contributed by atoms with van der Waals surface area (Å²) in [6.07, 6.45) is 1.53. The molecule has 0 fully saturated rings. The van der Waals surface area contributed by atoms with Crippen LogP contribution in [0.5, 0.6) is 0 Å². The number of rotatable bonds is 5. The lowest BCUT2D eigenvalue weighted by atomic mass is 10.3. The van der Waals surface area contributed by atoms with E-state index in [0.717, 1.165) is 0 Å². The molecule has 8 heteroatoms. The summed E-state index contributed by atoms with van der Waals surface area (Å²) in [6, 6.07) is 0. The largest absolute Gasteiger partial charge is 0.398 e. The van der Waals surface area contributed by atoms with Crippen molar-refractivity contribution in [2.75, 3.05) is 19.4 Å². The smallest absolute Gasteiger partial charge is 0.276 e. The molecule has 0 aliphatic carbocycles.